The van der Waals surface area contributed by atoms with Crippen molar-refractivity contribution in [3.8, 4) is 0 Å². The quantitative estimate of drug-likeness (QED) is 0.602. The summed E-state index contributed by atoms with van der Waals surface area (Å²) < 4.78 is 0.456. The summed E-state index contributed by atoms with van der Waals surface area (Å²) in [6.45, 7) is 1.76. The Bertz CT molecular complexity index is 777. The van der Waals surface area contributed by atoms with Crippen LogP contribution in [0.2, 0.25) is 4.47 Å². The maximum atomic E-state index is 10.9. The Morgan fingerprint density at radius 1 is 1.38 bits per heavy atom. The van der Waals surface area contributed by atoms with Gasteiger partial charge in [-0.25, -0.2) is 15.1 Å². The number of halogens is 1. The van der Waals surface area contributed by atoms with Gasteiger partial charge in [0, 0.05) is 30.4 Å². The number of aromatic nitrogens is 1. The highest BCUT2D eigenvalue weighted by molar-refractivity contribution is 7.15. The Kier molecular flexibility index (Phi) is 5.07. The van der Waals surface area contributed by atoms with Crippen molar-refractivity contribution >= 4 is 35.0 Å². The SMILES string of the molecule is O=[N+]([O-])N=C1N(C=Cc2ccccc2)CCN1Cc1cnc(Cl)s1. The van der Waals surface area contributed by atoms with Crippen LogP contribution < -0.4 is 0 Å². The number of nitrogens with zero attached hydrogens (tertiary/aromatic N) is 5. The molecule has 0 radical (unpaired) electrons. The maximum Gasteiger partial charge on any atom is 0.278 e. The van der Waals surface area contributed by atoms with Crippen molar-refractivity contribution in [1.82, 2.24) is 14.8 Å². The number of benzene rings is 1. The second-order valence-electron chi connectivity index (χ2n) is 5.06. The molecule has 2 aromatic rings. The molecule has 1 aromatic carbocycles. The first-order chi connectivity index (χ1) is 11.6. The first-order valence-electron chi connectivity index (χ1n) is 7.20. The molecule has 3 rings (SSSR count). The summed E-state index contributed by atoms with van der Waals surface area (Å²) in [5.41, 5.74) is 1.02. The Morgan fingerprint density at radius 2 is 2.17 bits per heavy atom. The Hall–Kier alpha value is -2.45. The molecule has 1 fully saturated rings. The molecule has 2 heterocycles. The van der Waals surface area contributed by atoms with Gasteiger partial charge in [-0.1, -0.05) is 41.9 Å². The van der Waals surface area contributed by atoms with Gasteiger partial charge < -0.3 is 9.80 Å². The van der Waals surface area contributed by atoms with E-state index >= 15 is 0 Å². The van der Waals surface area contributed by atoms with Gasteiger partial charge in [0.05, 0.1) is 6.54 Å². The van der Waals surface area contributed by atoms with Gasteiger partial charge in [-0.15, -0.1) is 11.3 Å². The minimum Gasteiger partial charge on any atom is -0.330 e. The molecule has 1 aromatic heterocycles. The van der Waals surface area contributed by atoms with Crippen molar-refractivity contribution in [1.29, 1.82) is 0 Å². The fourth-order valence-electron chi connectivity index (χ4n) is 2.38. The van der Waals surface area contributed by atoms with Gasteiger partial charge in [-0.3, -0.25) is 0 Å². The number of nitro groups is 1. The van der Waals surface area contributed by atoms with Crippen LogP contribution in [0.25, 0.3) is 6.08 Å². The molecule has 0 amide bonds. The number of hydrogen-bond acceptors (Lipinski definition) is 4. The van der Waals surface area contributed by atoms with Crippen LogP contribution in [0.3, 0.4) is 0 Å². The van der Waals surface area contributed by atoms with Crippen LogP contribution in [-0.2, 0) is 6.54 Å². The molecule has 1 aliphatic heterocycles. The van der Waals surface area contributed by atoms with E-state index in [0.29, 0.717) is 30.1 Å². The van der Waals surface area contributed by atoms with E-state index in [1.54, 1.807) is 11.1 Å². The van der Waals surface area contributed by atoms with Crippen molar-refractivity contribution in [2.75, 3.05) is 13.1 Å². The van der Waals surface area contributed by atoms with Crippen LogP contribution in [0.1, 0.15) is 10.4 Å². The second-order valence-corrected chi connectivity index (χ2v) is 6.76. The van der Waals surface area contributed by atoms with E-state index in [1.165, 1.54) is 11.3 Å². The molecule has 0 bridgehead atoms. The fraction of sp³-hybridized carbons (Fsp3) is 0.200. The molecule has 0 aliphatic carbocycles. The van der Waals surface area contributed by atoms with E-state index < -0.39 is 5.03 Å². The molecule has 9 heteroatoms. The molecule has 7 nitrogen and oxygen atoms in total. The molecule has 0 saturated carbocycles. The smallest absolute Gasteiger partial charge is 0.278 e. The summed E-state index contributed by atoms with van der Waals surface area (Å²) in [7, 11) is 0. The number of guanidine groups is 1. The van der Waals surface area contributed by atoms with Gasteiger partial charge in [0.25, 0.3) is 5.96 Å². The van der Waals surface area contributed by atoms with Crippen molar-refractivity contribution in [2.24, 2.45) is 5.10 Å². The predicted molar refractivity (Wildman–Crippen MR) is 94.1 cm³/mol. The topological polar surface area (TPSA) is 74.9 Å². The molecule has 0 spiro atoms. The third kappa shape index (κ3) is 4.09. The molecule has 24 heavy (non-hydrogen) atoms. The van der Waals surface area contributed by atoms with Crippen molar-refractivity contribution in [2.45, 2.75) is 6.54 Å². The predicted octanol–water partition coefficient (Wildman–Crippen LogP) is 3.13. The number of thiazole rings is 1. The highest BCUT2D eigenvalue weighted by Crippen LogP contribution is 2.22. The van der Waals surface area contributed by atoms with Gasteiger partial charge in [-0.2, -0.15) is 0 Å². The Balaban J connectivity index is 1.77. The summed E-state index contributed by atoms with van der Waals surface area (Å²) in [6, 6.07) is 9.75. The minimum absolute atomic E-state index is 0.316. The first-order valence-corrected chi connectivity index (χ1v) is 8.39. The molecule has 1 saturated heterocycles. The monoisotopic (exact) mass is 363 g/mol. The molecule has 0 unspecified atom stereocenters. The van der Waals surface area contributed by atoms with Crippen molar-refractivity contribution in [3.63, 3.8) is 0 Å². The number of rotatable bonds is 5. The Labute approximate surface area is 147 Å². The standard InChI is InChI=1S/C15H14ClN5O2S/c16-14-17-10-13(24-14)11-20-9-8-19(15(20)18-21(22)23)7-6-12-4-2-1-3-5-12/h1-7,10H,8-9,11H2. The average Bonchev–Trinajstić information content (AvgIpc) is 3.13. The largest absolute Gasteiger partial charge is 0.330 e. The Morgan fingerprint density at radius 3 is 2.83 bits per heavy atom. The van der Waals surface area contributed by atoms with Crippen LogP contribution >= 0.6 is 22.9 Å². The lowest BCUT2D eigenvalue weighted by molar-refractivity contribution is -0.486. The van der Waals surface area contributed by atoms with E-state index in [4.69, 9.17) is 11.6 Å². The molecular weight excluding hydrogens is 350 g/mol. The third-order valence-electron chi connectivity index (χ3n) is 3.44. The van der Waals surface area contributed by atoms with Crippen LogP contribution in [0.5, 0.6) is 0 Å². The van der Waals surface area contributed by atoms with Crippen molar-refractivity contribution < 1.29 is 5.03 Å². The molecule has 0 N–H and O–H groups in total. The summed E-state index contributed by atoms with van der Waals surface area (Å²) in [5, 5.41) is 13.8. The maximum absolute atomic E-state index is 10.9. The van der Waals surface area contributed by atoms with E-state index in [9.17, 15) is 10.1 Å². The lowest BCUT2D eigenvalue weighted by Crippen LogP contribution is -2.31. The van der Waals surface area contributed by atoms with Gasteiger partial charge >= 0.3 is 0 Å². The van der Waals surface area contributed by atoms with Gasteiger partial charge in [0.15, 0.2) is 9.50 Å². The van der Waals surface area contributed by atoms with E-state index in [2.05, 4.69) is 10.1 Å². The molecule has 1 aliphatic rings. The molecule has 0 atom stereocenters. The van der Waals surface area contributed by atoms with E-state index in [1.807, 2.05) is 47.5 Å². The lowest BCUT2D eigenvalue weighted by Gasteiger charge is -2.17. The lowest BCUT2D eigenvalue weighted by atomic mass is 10.2. The number of hydrogen-bond donors (Lipinski definition) is 0. The van der Waals surface area contributed by atoms with E-state index in [0.717, 1.165) is 10.4 Å². The van der Waals surface area contributed by atoms with Crippen LogP contribution in [0.4, 0.5) is 0 Å². The highest BCUT2D eigenvalue weighted by Gasteiger charge is 2.28. The highest BCUT2D eigenvalue weighted by atomic mass is 35.5. The zero-order valence-corrected chi connectivity index (χ0v) is 14.2. The minimum atomic E-state index is -0.670. The molecule has 124 valence electrons. The normalized spacial score (nSPS) is 16.5. The fourth-order valence-corrected chi connectivity index (χ4v) is 3.37. The van der Waals surface area contributed by atoms with E-state index in [-0.39, 0.29) is 0 Å². The summed E-state index contributed by atoms with van der Waals surface area (Å²) in [5.74, 6) is 0.316. The summed E-state index contributed by atoms with van der Waals surface area (Å²) in [4.78, 5) is 19.4. The zero-order chi connectivity index (χ0) is 16.9. The van der Waals surface area contributed by atoms with Crippen LogP contribution in [0, 0.1) is 10.1 Å². The van der Waals surface area contributed by atoms with Gasteiger partial charge in [0.2, 0.25) is 0 Å². The second kappa shape index (κ2) is 7.41. The first kappa shape index (κ1) is 16.4. The van der Waals surface area contributed by atoms with Gasteiger partial charge in [0.1, 0.15) is 5.10 Å². The third-order valence-corrected chi connectivity index (χ3v) is 4.54. The average molecular weight is 364 g/mol. The molecular formula is C15H14ClN5O2S. The zero-order valence-electron chi connectivity index (χ0n) is 12.6. The summed E-state index contributed by atoms with van der Waals surface area (Å²) >= 11 is 7.20. The van der Waals surface area contributed by atoms with Crippen LogP contribution in [-0.4, -0.2) is 38.9 Å². The summed E-state index contributed by atoms with van der Waals surface area (Å²) in [6.07, 6.45) is 5.40. The van der Waals surface area contributed by atoms with Crippen LogP contribution in [0.15, 0.2) is 47.8 Å². The number of hydrazone groups is 1. The van der Waals surface area contributed by atoms with Gasteiger partial charge in [-0.05, 0) is 11.6 Å². The van der Waals surface area contributed by atoms with Crippen molar-refractivity contribution in [3.05, 3.63) is 67.8 Å².